The molecule has 0 radical (unpaired) electrons. The molecule has 0 atom stereocenters. The Bertz CT molecular complexity index is 962. The minimum atomic E-state index is -1.26. The summed E-state index contributed by atoms with van der Waals surface area (Å²) < 4.78 is 20.9. The zero-order valence-electron chi connectivity index (χ0n) is 18.0. The second-order valence-corrected chi connectivity index (χ2v) is 8.90. The molecule has 2 aromatic carbocycles. The number of nitrogens with one attached hydrogen (secondary N) is 1. The molecule has 1 N–H and O–H groups in total. The summed E-state index contributed by atoms with van der Waals surface area (Å²) in [6.45, 7) is 2.68. The molecule has 0 unspecified atom stereocenters. The molecule has 3 rings (SSSR count). The van der Waals surface area contributed by atoms with Gasteiger partial charge in [-0.15, -0.1) is 0 Å². The summed E-state index contributed by atoms with van der Waals surface area (Å²) in [5.74, 6) is 0.376. The molecule has 0 spiro atoms. The van der Waals surface area contributed by atoms with Gasteiger partial charge >= 0.3 is 0 Å². The molecular weight excluding hydrogens is 454 g/mol. The van der Waals surface area contributed by atoms with Crippen molar-refractivity contribution in [1.82, 2.24) is 4.90 Å². The van der Waals surface area contributed by atoms with Crippen molar-refractivity contribution in [3.63, 3.8) is 0 Å². The Morgan fingerprint density at radius 1 is 1.09 bits per heavy atom. The first-order valence-corrected chi connectivity index (χ1v) is 11.5. The summed E-state index contributed by atoms with van der Waals surface area (Å²) in [6, 6.07) is 12.0. The summed E-state index contributed by atoms with van der Waals surface area (Å²) >= 11 is 11.9. The second kappa shape index (κ2) is 11.0. The molecule has 1 saturated heterocycles. The van der Waals surface area contributed by atoms with E-state index in [1.165, 1.54) is 6.92 Å². The van der Waals surface area contributed by atoms with Crippen molar-refractivity contribution in [2.75, 3.05) is 25.0 Å². The molecule has 1 heterocycles. The highest BCUT2D eigenvalue weighted by Crippen LogP contribution is 2.33. The number of carbonyl (C=O) groups is 2. The molecular formula is C24H27Cl2FN2O3. The lowest BCUT2D eigenvalue weighted by molar-refractivity contribution is -0.114. The van der Waals surface area contributed by atoms with Crippen molar-refractivity contribution in [2.24, 2.45) is 0 Å². The third-order valence-corrected chi connectivity index (χ3v) is 6.29. The molecule has 0 aliphatic carbocycles. The van der Waals surface area contributed by atoms with Crippen LogP contribution in [0.15, 0.2) is 42.5 Å². The molecule has 32 heavy (non-hydrogen) atoms. The molecule has 2 aromatic rings. The maximum atomic E-state index is 15.2. The normalized spacial score (nSPS) is 15.3. The fraction of sp³-hybridized carbons (Fsp3) is 0.417. The second-order valence-electron chi connectivity index (χ2n) is 8.09. The van der Waals surface area contributed by atoms with Crippen LogP contribution in [0.4, 0.5) is 10.1 Å². The number of unbranched alkanes of at least 4 members (excludes halogenated alkanes) is 1. The van der Waals surface area contributed by atoms with Gasteiger partial charge in [-0.05, 0) is 62.4 Å². The number of anilines is 1. The Morgan fingerprint density at radius 3 is 2.53 bits per heavy atom. The van der Waals surface area contributed by atoms with Gasteiger partial charge < -0.3 is 15.0 Å². The summed E-state index contributed by atoms with van der Waals surface area (Å²) in [5.41, 5.74) is -0.120. The van der Waals surface area contributed by atoms with E-state index in [0.717, 1.165) is 6.42 Å². The molecule has 1 aliphatic rings. The fourth-order valence-corrected chi connectivity index (χ4v) is 4.07. The molecule has 8 heteroatoms. The third kappa shape index (κ3) is 6.84. The van der Waals surface area contributed by atoms with Crippen molar-refractivity contribution >= 4 is 40.7 Å². The standard InChI is InChI=1S/C24H27Cl2FN2O3/c1-17(30)28-19-5-4-6-20(16-19)32-14-3-2-9-24(27)10-12-29(13-11-24)23(31)18-7-8-21(25)22(26)15-18/h4-8,15-16H,2-3,9-14H2,1H3,(H,28,30). The van der Waals surface area contributed by atoms with Gasteiger partial charge in [0.05, 0.1) is 16.7 Å². The Morgan fingerprint density at radius 2 is 1.84 bits per heavy atom. The number of piperidine rings is 1. The van der Waals surface area contributed by atoms with Crippen LogP contribution in [-0.4, -0.2) is 42.1 Å². The van der Waals surface area contributed by atoms with E-state index in [0.29, 0.717) is 72.4 Å². The highest BCUT2D eigenvalue weighted by molar-refractivity contribution is 6.42. The number of hydrogen-bond donors (Lipinski definition) is 1. The number of ether oxygens (including phenoxy) is 1. The number of alkyl halides is 1. The Balaban J connectivity index is 1.39. The first-order chi connectivity index (χ1) is 15.3. The predicted molar refractivity (Wildman–Crippen MR) is 126 cm³/mol. The SMILES string of the molecule is CC(=O)Nc1cccc(OCCCCC2(F)CCN(C(=O)c3ccc(Cl)c(Cl)c3)CC2)c1. The van der Waals surface area contributed by atoms with Gasteiger partial charge in [0.15, 0.2) is 0 Å². The molecule has 2 amide bonds. The van der Waals surface area contributed by atoms with E-state index in [4.69, 9.17) is 27.9 Å². The van der Waals surface area contributed by atoms with Crippen LogP contribution in [0.25, 0.3) is 0 Å². The van der Waals surface area contributed by atoms with Gasteiger partial charge in [-0.1, -0.05) is 29.3 Å². The maximum Gasteiger partial charge on any atom is 0.253 e. The van der Waals surface area contributed by atoms with Gasteiger partial charge in [-0.2, -0.15) is 0 Å². The highest BCUT2D eigenvalue weighted by atomic mass is 35.5. The summed E-state index contributed by atoms with van der Waals surface area (Å²) in [7, 11) is 0. The highest BCUT2D eigenvalue weighted by Gasteiger charge is 2.35. The van der Waals surface area contributed by atoms with Crippen LogP contribution in [-0.2, 0) is 4.79 Å². The van der Waals surface area contributed by atoms with E-state index in [2.05, 4.69) is 5.32 Å². The average molecular weight is 481 g/mol. The van der Waals surface area contributed by atoms with Crippen molar-refractivity contribution in [3.8, 4) is 5.75 Å². The van der Waals surface area contributed by atoms with Crippen LogP contribution in [0.5, 0.6) is 5.75 Å². The number of halogens is 3. The molecule has 0 saturated carbocycles. The number of likely N-dealkylation sites (tertiary alicyclic amines) is 1. The van der Waals surface area contributed by atoms with Crippen molar-refractivity contribution in [1.29, 1.82) is 0 Å². The first-order valence-electron chi connectivity index (χ1n) is 10.7. The minimum absolute atomic E-state index is 0.139. The lowest BCUT2D eigenvalue weighted by Gasteiger charge is -2.36. The van der Waals surface area contributed by atoms with E-state index in [1.807, 2.05) is 12.1 Å². The van der Waals surface area contributed by atoms with Gasteiger partial charge in [-0.25, -0.2) is 4.39 Å². The van der Waals surface area contributed by atoms with Crippen LogP contribution in [0, 0.1) is 0 Å². The number of hydrogen-bond acceptors (Lipinski definition) is 3. The molecule has 172 valence electrons. The average Bonchev–Trinajstić information content (AvgIpc) is 2.75. The van der Waals surface area contributed by atoms with Gasteiger partial charge in [0.2, 0.25) is 5.91 Å². The number of nitrogens with zero attached hydrogens (tertiary/aromatic N) is 1. The Labute approximate surface area is 197 Å². The van der Waals surface area contributed by atoms with E-state index in [-0.39, 0.29) is 11.8 Å². The smallest absolute Gasteiger partial charge is 0.253 e. The van der Waals surface area contributed by atoms with Gasteiger partial charge in [0.1, 0.15) is 11.4 Å². The summed E-state index contributed by atoms with van der Waals surface area (Å²) in [6.07, 6.45) is 2.50. The first kappa shape index (κ1) is 24.3. The largest absolute Gasteiger partial charge is 0.494 e. The van der Waals surface area contributed by atoms with Gasteiger partial charge in [0, 0.05) is 37.3 Å². The Hall–Kier alpha value is -2.31. The topological polar surface area (TPSA) is 58.6 Å². The monoisotopic (exact) mass is 480 g/mol. The summed E-state index contributed by atoms with van der Waals surface area (Å²) in [4.78, 5) is 25.5. The van der Waals surface area contributed by atoms with Crippen LogP contribution in [0.3, 0.4) is 0 Å². The number of rotatable bonds is 8. The molecule has 0 bridgehead atoms. The fourth-order valence-electron chi connectivity index (χ4n) is 3.77. The van der Waals surface area contributed by atoms with Gasteiger partial charge in [-0.3, -0.25) is 9.59 Å². The van der Waals surface area contributed by atoms with Crippen LogP contribution < -0.4 is 10.1 Å². The number of benzene rings is 2. The molecule has 5 nitrogen and oxygen atoms in total. The zero-order valence-corrected chi connectivity index (χ0v) is 19.5. The Kier molecular flexibility index (Phi) is 8.38. The minimum Gasteiger partial charge on any atom is -0.494 e. The molecule has 0 aromatic heterocycles. The molecule has 1 fully saturated rings. The van der Waals surface area contributed by atoms with E-state index >= 15 is 4.39 Å². The van der Waals surface area contributed by atoms with Crippen LogP contribution >= 0.6 is 23.2 Å². The van der Waals surface area contributed by atoms with E-state index < -0.39 is 5.67 Å². The van der Waals surface area contributed by atoms with Crippen molar-refractivity contribution in [3.05, 3.63) is 58.1 Å². The predicted octanol–water partition coefficient (Wildman–Crippen LogP) is 6.15. The summed E-state index contributed by atoms with van der Waals surface area (Å²) in [5, 5.41) is 3.44. The molecule has 1 aliphatic heterocycles. The van der Waals surface area contributed by atoms with E-state index in [1.54, 1.807) is 35.2 Å². The lowest BCUT2D eigenvalue weighted by Crippen LogP contribution is -2.44. The van der Waals surface area contributed by atoms with Crippen molar-refractivity contribution in [2.45, 2.75) is 44.7 Å². The van der Waals surface area contributed by atoms with Gasteiger partial charge in [0.25, 0.3) is 5.91 Å². The van der Waals surface area contributed by atoms with Crippen molar-refractivity contribution < 1.29 is 18.7 Å². The zero-order chi connectivity index (χ0) is 23.1. The number of amides is 2. The van der Waals surface area contributed by atoms with Crippen LogP contribution in [0.2, 0.25) is 10.0 Å². The van der Waals surface area contributed by atoms with E-state index in [9.17, 15) is 9.59 Å². The quantitative estimate of drug-likeness (QED) is 0.461. The lowest BCUT2D eigenvalue weighted by atomic mass is 9.88. The maximum absolute atomic E-state index is 15.2. The third-order valence-electron chi connectivity index (χ3n) is 5.56. The number of carbonyl (C=O) groups excluding carboxylic acids is 2. The van der Waals surface area contributed by atoms with Crippen LogP contribution in [0.1, 0.15) is 49.4 Å².